The fourth-order valence-corrected chi connectivity index (χ4v) is 3.83. The summed E-state index contributed by atoms with van der Waals surface area (Å²) in [6, 6.07) is 17.0. The largest absolute Gasteiger partial charge is 0.481 e. The molecule has 6 nitrogen and oxygen atoms in total. The van der Waals surface area contributed by atoms with Gasteiger partial charge in [0.05, 0.1) is 17.5 Å². The summed E-state index contributed by atoms with van der Waals surface area (Å²) >= 11 is 6.03. The zero-order valence-electron chi connectivity index (χ0n) is 16.0. The number of aliphatic carboxylic acids is 1. The van der Waals surface area contributed by atoms with Gasteiger partial charge in [0.15, 0.2) is 0 Å². The highest BCUT2D eigenvalue weighted by molar-refractivity contribution is 6.30. The van der Waals surface area contributed by atoms with Gasteiger partial charge < -0.3 is 9.67 Å². The Kier molecular flexibility index (Phi) is 5.01. The lowest BCUT2D eigenvalue weighted by atomic mass is 9.94. The summed E-state index contributed by atoms with van der Waals surface area (Å²) in [5.74, 6) is -1.05. The molecule has 30 heavy (non-hydrogen) atoms. The maximum absolute atomic E-state index is 13.3. The van der Waals surface area contributed by atoms with E-state index >= 15 is 0 Å². The molecule has 0 amide bonds. The van der Waals surface area contributed by atoms with E-state index < -0.39 is 5.97 Å². The molecule has 150 valence electrons. The molecule has 0 fully saturated rings. The highest BCUT2D eigenvalue weighted by Crippen LogP contribution is 2.33. The van der Waals surface area contributed by atoms with Crippen molar-refractivity contribution in [3.8, 4) is 16.8 Å². The van der Waals surface area contributed by atoms with Crippen molar-refractivity contribution in [2.24, 2.45) is 7.05 Å². The van der Waals surface area contributed by atoms with Gasteiger partial charge in [0, 0.05) is 35.6 Å². The molecule has 2 aromatic heterocycles. The van der Waals surface area contributed by atoms with Crippen LogP contribution in [0.2, 0.25) is 5.02 Å². The second-order valence-electron chi connectivity index (χ2n) is 6.87. The van der Waals surface area contributed by atoms with E-state index in [9.17, 15) is 19.5 Å². The molecule has 0 aliphatic rings. The number of nitrogens with zero attached hydrogens (tertiary/aromatic N) is 2. The minimum atomic E-state index is -1.05. The first kappa shape index (κ1) is 19.7. The van der Waals surface area contributed by atoms with Gasteiger partial charge in [-0.3, -0.25) is 19.0 Å². The van der Waals surface area contributed by atoms with E-state index in [4.69, 9.17) is 11.6 Å². The van der Waals surface area contributed by atoms with Gasteiger partial charge in [0.1, 0.15) is 0 Å². The quantitative estimate of drug-likeness (QED) is 0.546. The molecular formula is C23H17ClN2O4. The molecule has 0 aliphatic heterocycles. The first-order valence-corrected chi connectivity index (χ1v) is 9.56. The molecule has 1 N–H and O–H groups in total. The van der Waals surface area contributed by atoms with Crippen LogP contribution in [0, 0.1) is 0 Å². The van der Waals surface area contributed by atoms with E-state index in [1.165, 1.54) is 15.2 Å². The molecule has 0 spiro atoms. The van der Waals surface area contributed by atoms with Gasteiger partial charge in [-0.15, -0.1) is 0 Å². The highest BCUT2D eigenvalue weighted by atomic mass is 35.5. The van der Waals surface area contributed by atoms with Gasteiger partial charge >= 0.3 is 5.97 Å². The number of carboxylic acid groups (broad SMARTS) is 1. The molecule has 0 saturated carbocycles. The van der Waals surface area contributed by atoms with Gasteiger partial charge in [-0.05, 0) is 35.2 Å². The number of fused-ring (bicyclic) bond motifs is 1. The van der Waals surface area contributed by atoms with Crippen LogP contribution in [0.25, 0.3) is 27.6 Å². The summed E-state index contributed by atoms with van der Waals surface area (Å²) in [4.78, 5) is 37.3. The van der Waals surface area contributed by atoms with E-state index in [-0.39, 0.29) is 17.5 Å². The standard InChI is InChI=1S/C23H17ClN2O4/c1-25-18(13-20(28)29)21(14-8-10-15(24)11-9-14)16-5-4-6-17(22(16)23(25)30)26-12-3-2-7-19(26)27/h2-12H,13H2,1H3,(H,28,29). The van der Waals surface area contributed by atoms with Gasteiger partial charge in [-0.1, -0.05) is 41.9 Å². The fraction of sp³-hybridized carbons (Fsp3) is 0.0870. The van der Waals surface area contributed by atoms with E-state index in [0.29, 0.717) is 32.7 Å². The Balaban J connectivity index is 2.19. The van der Waals surface area contributed by atoms with Crippen LogP contribution in [0.5, 0.6) is 0 Å². The van der Waals surface area contributed by atoms with Crippen LogP contribution in [0.15, 0.2) is 76.4 Å². The van der Waals surface area contributed by atoms with Crippen molar-refractivity contribution in [1.82, 2.24) is 9.13 Å². The number of hydrogen-bond acceptors (Lipinski definition) is 3. The van der Waals surface area contributed by atoms with Crippen LogP contribution < -0.4 is 11.1 Å². The van der Waals surface area contributed by atoms with Crippen LogP contribution >= 0.6 is 11.6 Å². The summed E-state index contributed by atoms with van der Waals surface area (Å²) in [6.45, 7) is 0. The van der Waals surface area contributed by atoms with E-state index in [2.05, 4.69) is 0 Å². The van der Waals surface area contributed by atoms with E-state index in [1.54, 1.807) is 67.8 Å². The third kappa shape index (κ3) is 3.31. The first-order valence-electron chi connectivity index (χ1n) is 9.19. The van der Waals surface area contributed by atoms with E-state index in [1.807, 2.05) is 0 Å². The number of pyridine rings is 2. The number of aromatic nitrogens is 2. The van der Waals surface area contributed by atoms with Crippen molar-refractivity contribution >= 4 is 28.3 Å². The van der Waals surface area contributed by atoms with Crippen molar-refractivity contribution in [1.29, 1.82) is 0 Å². The highest BCUT2D eigenvalue weighted by Gasteiger charge is 2.21. The Hall–Kier alpha value is -3.64. The Morgan fingerprint density at radius 2 is 1.73 bits per heavy atom. The maximum Gasteiger partial charge on any atom is 0.309 e. The van der Waals surface area contributed by atoms with Gasteiger partial charge in [0.2, 0.25) is 0 Å². The smallest absolute Gasteiger partial charge is 0.309 e. The third-order valence-electron chi connectivity index (χ3n) is 5.06. The minimum absolute atomic E-state index is 0.269. The van der Waals surface area contributed by atoms with Crippen LogP contribution in [0.1, 0.15) is 5.69 Å². The SMILES string of the molecule is Cn1c(CC(=O)O)c(-c2ccc(Cl)cc2)c2cccc(-n3ccccc3=O)c2c1=O. The summed E-state index contributed by atoms with van der Waals surface area (Å²) in [7, 11) is 1.55. The lowest BCUT2D eigenvalue weighted by Crippen LogP contribution is -2.26. The zero-order chi connectivity index (χ0) is 21.4. The Morgan fingerprint density at radius 1 is 1.00 bits per heavy atom. The molecule has 7 heteroatoms. The molecule has 0 radical (unpaired) electrons. The summed E-state index contributed by atoms with van der Waals surface area (Å²) in [6.07, 6.45) is 1.28. The van der Waals surface area contributed by atoms with Crippen molar-refractivity contribution in [2.45, 2.75) is 6.42 Å². The lowest BCUT2D eigenvalue weighted by molar-refractivity contribution is -0.136. The van der Waals surface area contributed by atoms with Crippen molar-refractivity contribution < 1.29 is 9.90 Å². The second-order valence-corrected chi connectivity index (χ2v) is 7.31. The maximum atomic E-state index is 13.3. The number of carboxylic acids is 1. The predicted molar refractivity (Wildman–Crippen MR) is 117 cm³/mol. The summed E-state index contributed by atoms with van der Waals surface area (Å²) in [5, 5.41) is 10.9. The Morgan fingerprint density at radius 3 is 2.40 bits per heavy atom. The minimum Gasteiger partial charge on any atom is -0.481 e. The average molecular weight is 421 g/mol. The number of carbonyl (C=O) groups is 1. The summed E-state index contributed by atoms with van der Waals surface area (Å²) in [5.41, 5.74) is 1.53. The van der Waals surface area contributed by atoms with Crippen molar-refractivity contribution in [3.63, 3.8) is 0 Å². The summed E-state index contributed by atoms with van der Waals surface area (Å²) < 4.78 is 2.75. The molecule has 2 heterocycles. The predicted octanol–water partition coefficient (Wildman–Crippen LogP) is 3.64. The molecule has 0 atom stereocenters. The van der Waals surface area contributed by atoms with Crippen LogP contribution in [-0.4, -0.2) is 20.2 Å². The van der Waals surface area contributed by atoms with Crippen molar-refractivity contribution in [2.75, 3.05) is 0 Å². The molecule has 4 rings (SSSR count). The van der Waals surface area contributed by atoms with Gasteiger partial charge in [-0.25, -0.2) is 0 Å². The van der Waals surface area contributed by atoms with E-state index in [0.717, 1.165) is 5.56 Å². The van der Waals surface area contributed by atoms with Gasteiger partial charge in [-0.2, -0.15) is 0 Å². The lowest BCUT2D eigenvalue weighted by Gasteiger charge is -2.18. The number of benzene rings is 2. The number of halogens is 1. The van der Waals surface area contributed by atoms with Gasteiger partial charge in [0.25, 0.3) is 11.1 Å². The molecule has 4 aromatic rings. The molecule has 2 aromatic carbocycles. The molecule has 0 unspecified atom stereocenters. The Labute approximate surface area is 176 Å². The van der Waals surface area contributed by atoms with Crippen LogP contribution in [0.4, 0.5) is 0 Å². The number of hydrogen-bond donors (Lipinski definition) is 1. The van der Waals surface area contributed by atoms with Crippen LogP contribution in [0.3, 0.4) is 0 Å². The second kappa shape index (κ2) is 7.65. The van der Waals surface area contributed by atoms with Crippen LogP contribution in [-0.2, 0) is 18.3 Å². The Bertz CT molecular complexity index is 1400. The molecule has 0 saturated heterocycles. The monoisotopic (exact) mass is 420 g/mol. The zero-order valence-corrected chi connectivity index (χ0v) is 16.8. The van der Waals surface area contributed by atoms with Crippen molar-refractivity contribution in [3.05, 3.63) is 98.3 Å². The molecular weight excluding hydrogens is 404 g/mol. The molecule has 0 aliphatic carbocycles. The normalized spacial score (nSPS) is 11.0. The fourth-order valence-electron chi connectivity index (χ4n) is 3.70. The third-order valence-corrected chi connectivity index (χ3v) is 5.31. The molecule has 0 bridgehead atoms. The first-order chi connectivity index (χ1) is 14.4. The number of rotatable bonds is 4. The topological polar surface area (TPSA) is 81.3 Å². The average Bonchev–Trinajstić information content (AvgIpc) is 2.73.